The lowest BCUT2D eigenvalue weighted by Gasteiger charge is -2.39. The van der Waals surface area contributed by atoms with Crippen LogP contribution >= 0.6 is 0 Å². The number of para-hydroxylation sites is 2. The third-order valence-corrected chi connectivity index (χ3v) is 11.9. The second-order valence-electron chi connectivity index (χ2n) is 14.3. The van der Waals surface area contributed by atoms with Crippen molar-refractivity contribution in [2.75, 3.05) is 22.9 Å². The van der Waals surface area contributed by atoms with Gasteiger partial charge in [0.05, 0.1) is 5.69 Å². The van der Waals surface area contributed by atoms with Gasteiger partial charge in [0.2, 0.25) is 0 Å². The highest BCUT2D eigenvalue weighted by atomic mass is 16.5. The Morgan fingerprint density at radius 2 is 1.19 bits per heavy atom. The lowest BCUT2D eigenvalue weighted by Crippen LogP contribution is -2.38. The lowest BCUT2D eigenvalue weighted by molar-refractivity contribution is 0.158. The maximum absolute atomic E-state index is 7.47. The van der Waals surface area contributed by atoms with Crippen molar-refractivity contribution >= 4 is 22.3 Å². The molecule has 47 heavy (non-hydrogen) atoms. The number of aromatic nitrogens is 1. The number of fused-ring (bicyclic) bond motifs is 11. The van der Waals surface area contributed by atoms with Gasteiger partial charge in [-0.05, 0) is 93.1 Å². The summed E-state index contributed by atoms with van der Waals surface area (Å²) in [5.74, 6) is 0.938. The van der Waals surface area contributed by atoms with Crippen LogP contribution in [0.1, 0.15) is 94.7 Å². The molecule has 5 aromatic rings. The summed E-state index contributed by atoms with van der Waals surface area (Å²) in [5, 5.41) is 1.23. The van der Waals surface area contributed by atoms with Crippen molar-refractivity contribution in [3.05, 3.63) is 102 Å². The highest BCUT2D eigenvalue weighted by molar-refractivity contribution is 5.99. The SMILES string of the molecule is CCN(c1ccc2c(c1)-c1cc(N(CC)C3CCCCC3)ccc1C21Oc2ccccc2-c2[nH]c3ccccc3c21)C1CCCCC1. The maximum atomic E-state index is 7.47. The highest BCUT2D eigenvalue weighted by Crippen LogP contribution is 2.61. The topological polar surface area (TPSA) is 31.5 Å². The minimum atomic E-state index is -0.741. The van der Waals surface area contributed by atoms with Crippen LogP contribution in [0.2, 0.25) is 0 Å². The van der Waals surface area contributed by atoms with E-state index < -0.39 is 5.60 Å². The van der Waals surface area contributed by atoms with E-state index in [9.17, 15) is 0 Å². The molecule has 0 atom stereocenters. The van der Waals surface area contributed by atoms with E-state index in [1.54, 1.807) is 0 Å². The summed E-state index contributed by atoms with van der Waals surface area (Å²) in [6.45, 7) is 6.72. The average Bonchev–Trinajstić information content (AvgIpc) is 3.65. The Labute approximate surface area is 279 Å². The predicted octanol–water partition coefficient (Wildman–Crippen LogP) is 10.8. The summed E-state index contributed by atoms with van der Waals surface area (Å²) in [6.07, 6.45) is 13.3. The van der Waals surface area contributed by atoms with Gasteiger partial charge in [-0.3, -0.25) is 0 Å². The number of benzene rings is 4. The van der Waals surface area contributed by atoms with Gasteiger partial charge in [0.1, 0.15) is 5.75 Å². The molecular weight excluding hydrogens is 574 g/mol. The monoisotopic (exact) mass is 621 g/mol. The first kappa shape index (κ1) is 29.0. The van der Waals surface area contributed by atoms with Gasteiger partial charge in [0.25, 0.3) is 0 Å². The van der Waals surface area contributed by atoms with Crippen molar-refractivity contribution in [3.63, 3.8) is 0 Å². The Morgan fingerprint density at radius 1 is 0.638 bits per heavy atom. The molecule has 3 aliphatic carbocycles. The molecule has 4 nitrogen and oxygen atoms in total. The van der Waals surface area contributed by atoms with E-state index in [1.807, 2.05) is 0 Å². The maximum Gasteiger partial charge on any atom is 0.188 e. The van der Waals surface area contributed by atoms with E-state index in [2.05, 4.69) is 114 Å². The number of anilines is 2. The van der Waals surface area contributed by atoms with E-state index >= 15 is 0 Å². The van der Waals surface area contributed by atoms with Crippen molar-refractivity contribution in [2.24, 2.45) is 0 Å². The van der Waals surface area contributed by atoms with Crippen LogP contribution in [-0.2, 0) is 5.60 Å². The average molecular weight is 622 g/mol. The van der Waals surface area contributed by atoms with Crippen LogP contribution in [0, 0.1) is 0 Å². The van der Waals surface area contributed by atoms with Crippen LogP contribution in [-0.4, -0.2) is 30.2 Å². The molecule has 2 fully saturated rings. The minimum absolute atomic E-state index is 0.618. The number of hydrogen-bond acceptors (Lipinski definition) is 3. The van der Waals surface area contributed by atoms with E-state index in [0.29, 0.717) is 12.1 Å². The first-order chi connectivity index (χ1) is 23.2. The molecule has 4 heteroatoms. The second kappa shape index (κ2) is 11.5. The zero-order valence-corrected chi connectivity index (χ0v) is 28.0. The third kappa shape index (κ3) is 4.40. The van der Waals surface area contributed by atoms with Gasteiger partial charge in [-0.2, -0.15) is 0 Å². The van der Waals surface area contributed by atoms with Crippen LogP contribution in [0.15, 0.2) is 84.9 Å². The first-order valence-corrected chi connectivity index (χ1v) is 18.4. The van der Waals surface area contributed by atoms with Crippen LogP contribution in [0.3, 0.4) is 0 Å². The van der Waals surface area contributed by atoms with Crippen molar-refractivity contribution in [3.8, 4) is 28.1 Å². The number of ether oxygens (including phenoxy) is 1. The molecule has 1 N–H and O–H groups in total. The molecule has 9 rings (SSSR count). The van der Waals surface area contributed by atoms with E-state index in [-0.39, 0.29) is 0 Å². The molecule has 240 valence electrons. The van der Waals surface area contributed by atoms with Gasteiger partial charge in [-0.15, -0.1) is 0 Å². The van der Waals surface area contributed by atoms with Gasteiger partial charge in [-0.1, -0.05) is 81.0 Å². The molecular formula is C43H47N3O. The van der Waals surface area contributed by atoms with Crippen LogP contribution in [0.25, 0.3) is 33.3 Å². The molecule has 4 aliphatic rings. The number of nitrogens with one attached hydrogen (secondary N) is 1. The first-order valence-electron chi connectivity index (χ1n) is 18.4. The molecule has 0 unspecified atom stereocenters. The lowest BCUT2D eigenvalue weighted by atomic mass is 9.79. The van der Waals surface area contributed by atoms with Crippen molar-refractivity contribution in [1.29, 1.82) is 0 Å². The van der Waals surface area contributed by atoms with Crippen LogP contribution in [0.5, 0.6) is 5.75 Å². The Hall–Kier alpha value is -4.18. The van der Waals surface area contributed by atoms with Crippen LogP contribution < -0.4 is 14.5 Å². The fourth-order valence-corrected chi connectivity index (χ4v) is 9.78. The molecule has 0 bridgehead atoms. The Kier molecular flexibility index (Phi) is 7.10. The van der Waals surface area contributed by atoms with Gasteiger partial charge in [0.15, 0.2) is 5.60 Å². The molecule has 1 aromatic heterocycles. The molecule has 0 saturated heterocycles. The number of aromatic amines is 1. The fraction of sp³-hybridized carbons (Fsp3) is 0.395. The van der Waals surface area contributed by atoms with Crippen molar-refractivity contribution in [1.82, 2.24) is 4.98 Å². The Morgan fingerprint density at radius 3 is 1.79 bits per heavy atom. The van der Waals surface area contributed by atoms with Crippen molar-refractivity contribution in [2.45, 2.75) is 95.7 Å². The summed E-state index contributed by atoms with van der Waals surface area (Å²) < 4.78 is 7.47. The van der Waals surface area contributed by atoms with Gasteiger partial charge < -0.3 is 19.5 Å². The fourth-order valence-electron chi connectivity index (χ4n) is 9.78. The second-order valence-corrected chi connectivity index (χ2v) is 14.3. The number of rotatable bonds is 6. The zero-order valence-electron chi connectivity index (χ0n) is 28.0. The number of nitrogens with zero attached hydrogens (tertiary/aromatic N) is 2. The standard InChI is InChI=1S/C43H47N3O/c1-3-45(29-15-7-5-8-16-29)31-23-25-37-35(27-31)36-28-32(46(4-2)30-17-9-6-10-18-30)24-26-38(36)43(37)41-33-19-11-13-21-39(33)44-42(41)34-20-12-14-22-40(34)47-43/h11-14,19-30,44H,3-10,15-18H2,1-2H3. The Balaban J connectivity index is 1.29. The minimum Gasteiger partial charge on any atom is -0.472 e. The largest absolute Gasteiger partial charge is 0.472 e. The number of hydrogen-bond donors (Lipinski definition) is 1. The van der Waals surface area contributed by atoms with Gasteiger partial charge in [-0.25, -0.2) is 0 Å². The Bertz CT molecular complexity index is 1870. The third-order valence-electron chi connectivity index (χ3n) is 11.9. The quantitative estimate of drug-likeness (QED) is 0.205. The summed E-state index contributed by atoms with van der Waals surface area (Å²) in [5.41, 5.74) is 11.8. The molecule has 1 aliphatic heterocycles. The van der Waals surface area contributed by atoms with Gasteiger partial charge >= 0.3 is 0 Å². The summed E-state index contributed by atoms with van der Waals surface area (Å²) in [7, 11) is 0. The van der Waals surface area contributed by atoms with E-state index in [0.717, 1.165) is 29.9 Å². The van der Waals surface area contributed by atoms with Gasteiger partial charge in [0, 0.05) is 69.7 Å². The summed E-state index contributed by atoms with van der Waals surface area (Å²) in [4.78, 5) is 9.22. The predicted molar refractivity (Wildman–Crippen MR) is 196 cm³/mol. The molecule has 0 amide bonds. The van der Waals surface area contributed by atoms with E-state index in [1.165, 1.54) is 114 Å². The summed E-state index contributed by atoms with van der Waals surface area (Å²) in [6, 6.07) is 33.2. The molecule has 2 heterocycles. The smallest absolute Gasteiger partial charge is 0.188 e. The van der Waals surface area contributed by atoms with Crippen molar-refractivity contribution < 1.29 is 4.74 Å². The molecule has 4 aromatic carbocycles. The zero-order chi connectivity index (χ0) is 31.5. The highest BCUT2D eigenvalue weighted by Gasteiger charge is 2.52. The molecule has 0 radical (unpaired) electrons. The number of H-pyrrole nitrogens is 1. The normalized spacial score (nSPS) is 18.3. The van der Waals surface area contributed by atoms with E-state index in [4.69, 9.17) is 4.74 Å². The summed E-state index contributed by atoms with van der Waals surface area (Å²) >= 11 is 0. The van der Waals surface area contributed by atoms with Crippen LogP contribution in [0.4, 0.5) is 11.4 Å². The molecule has 2 saturated carbocycles. The molecule has 1 spiro atoms.